The van der Waals surface area contributed by atoms with Gasteiger partial charge in [0.2, 0.25) is 0 Å². The van der Waals surface area contributed by atoms with Gasteiger partial charge >= 0.3 is 6.03 Å². The summed E-state index contributed by atoms with van der Waals surface area (Å²) in [6, 6.07) is 13.5. The van der Waals surface area contributed by atoms with Crippen LogP contribution in [0.3, 0.4) is 0 Å². The Balaban J connectivity index is 1.67. The molecule has 8 nitrogen and oxygen atoms in total. The van der Waals surface area contributed by atoms with E-state index in [1.807, 2.05) is 14.1 Å². The van der Waals surface area contributed by atoms with Crippen LogP contribution in [0, 0.1) is 0 Å². The maximum Gasteiger partial charge on any atom is 0.319 e. The predicted octanol–water partition coefficient (Wildman–Crippen LogP) is 2.96. The average molecular weight is 429 g/mol. The molecule has 3 rings (SSSR count). The van der Waals surface area contributed by atoms with Gasteiger partial charge < -0.3 is 29.7 Å². The van der Waals surface area contributed by atoms with E-state index in [0.29, 0.717) is 36.9 Å². The molecule has 0 spiro atoms. The van der Waals surface area contributed by atoms with E-state index in [0.717, 1.165) is 18.8 Å². The van der Waals surface area contributed by atoms with E-state index in [9.17, 15) is 4.79 Å². The summed E-state index contributed by atoms with van der Waals surface area (Å²) >= 11 is 0. The van der Waals surface area contributed by atoms with E-state index in [2.05, 4.69) is 44.7 Å². The van der Waals surface area contributed by atoms with Crippen molar-refractivity contribution in [3.8, 4) is 11.5 Å². The van der Waals surface area contributed by atoms with Crippen molar-refractivity contribution in [2.24, 2.45) is 0 Å². The number of morpholine rings is 1. The number of ether oxygens (including phenoxy) is 3. The summed E-state index contributed by atoms with van der Waals surface area (Å²) in [6.07, 6.45) is 0. The number of benzene rings is 2. The van der Waals surface area contributed by atoms with E-state index in [1.165, 1.54) is 5.56 Å². The Morgan fingerprint density at radius 1 is 1.06 bits per heavy atom. The molecule has 8 heteroatoms. The summed E-state index contributed by atoms with van der Waals surface area (Å²) in [5, 5.41) is 5.88. The van der Waals surface area contributed by atoms with Crippen LogP contribution >= 0.6 is 0 Å². The molecule has 1 unspecified atom stereocenters. The third-order valence-electron chi connectivity index (χ3n) is 5.38. The third kappa shape index (κ3) is 6.02. The Bertz CT molecular complexity index is 851. The van der Waals surface area contributed by atoms with E-state index in [4.69, 9.17) is 14.2 Å². The highest BCUT2D eigenvalue weighted by Gasteiger charge is 2.23. The van der Waals surface area contributed by atoms with Gasteiger partial charge in [-0.3, -0.25) is 4.90 Å². The fourth-order valence-electron chi connectivity index (χ4n) is 3.62. The number of anilines is 2. The van der Waals surface area contributed by atoms with Gasteiger partial charge in [-0.2, -0.15) is 0 Å². The van der Waals surface area contributed by atoms with Crippen LogP contribution < -0.4 is 25.0 Å². The number of carbonyl (C=O) groups excluding carboxylic acids is 1. The highest BCUT2D eigenvalue weighted by molar-refractivity contribution is 5.89. The molecule has 31 heavy (non-hydrogen) atoms. The summed E-state index contributed by atoms with van der Waals surface area (Å²) in [5.41, 5.74) is 2.94. The first-order valence-electron chi connectivity index (χ1n) is 10.4. The summed E-state index contributed by atoms with van der Waals surface area (Å²) in [7, 11) is 7.19. The van der Waals surface area contributed by atoms with Crippen molar-refractivity contribution in [3.63, 3.8) is 0 Å². The molecule has 1 aliphatic heterocycles. The molecule has 0 radical (unpaired) electrons. The third-order valence-corrected chi connectivity index (χ3v) is 5.38. The minimum atomic E-state index is -0.268. The summed E-state index contributed by atoms with van der Waals surface area (Å²) in [5.74, 6) is 1.18. The van der Waals surface area contributed by atoms with Gasteiger partial charge in [0.1, 0.15) is 0 Å². The normalized spacial score (nSPS) is 15.1. The molecule has 1 atom stereocenters. The number of amides is 2. The number of carbonyl (C=O) groups is 1. The van der Waals surface area contributed by atoms with E-state index >= 15 is 0 Å². The monoisotopic (exact) mass is 428 g/mol. The van der Waals surface area contributed by atoms with Gasteiger partial charge in [0.15, 0.2) is 11.5 Å². The molecule has 2 aromatic carbocycles. The Morgan fingerprint density at radius 2 is 1.74 bits per heavy atom. The van der Waals surface area contributed by atoms with Crippen LogP contribution in [0.15, 0.2) is 42.5 Å². The van der Waals surface area contributed by atoms with Crippen molar-refractivity contribution in [1.29, 1.82) is 0 Å². The minimum Gasteiger partial charge on any atom is -0.493 e. The molecular formula is C23H32N4O4. The fourth-order valence-corrected chi connectivity index (χ4v) is 3.62. The van der Waals surface area contributed by atoms with E-state index in [-0.39, 0.29) is 12.1 Å². The number of methoxy groups -OCH3 is 2. The van der Waals surface area contributed by atoms with Crippen LogP contribution in [-0.2, 0) is 4.74 Å². The number of rotatable bonds is 8. The van der Waals surface area contributed by atoms with Crippen LogP contribution in [0.25, 0.3) is 0 Å². The molecule has 0 aliphatic carbocycles. The highest BCUT2D eigenvalue weighted by Crippen LogP contribution is 2.29. The lowest BCUT2D eigenvalue weighted by atomic mass is 10.0. The van der Waals surface area contributed by atoms with E-state index < -0.39 is 0 Å². The number of urea groups is 1. The van der Waals surface area contributed by atoms with Crippen molar-refractivity contribution in [2.75, 3.05) is 71.4 Å². The Kier molecular flexibility index (Phi) is 7.97. The fraction of sp³-hybridized carbons (Fsp3) is 0.435. The SMILES string of the molecule is COc1ccc(NC(=O)NCC(c2ccc(N(C)C)cc2)N2CCOCC2)cc1OC. The Morgan fingerprint density at radius 3 is 2.35 bits per heavy atom. The van der Waals surface area contributed by atoms with Crippen LogP contribution in [-0.4, -0.2) is 72.1 Å². The topological polar surface area (TPSA) is 75.3 Å². The molecule has 0 saturated carbocycles. The van der Waals surface area contributed by atoms with Gasteiger partial charge in [0, 0.05) is 51.2 Å². The zero-order chi connectivity index (χ0) is 22.2. The molecule has 1 heterocycles. The molecule has 1 aliphatic rings. The molecule has 1 fully saturated rings. The van der Waals surface area contributed by atoms with Gasteiger partial charge in [-0.1, -0.05) is 12.1 Å². The van der Waals surface area contributed by atoms with Gasteiger partial charge in [-0.05, 0) is 29.8 Å². The number of nitrogens with zero attached hydrogens (tertiary/aromatic N) is 2. The second kappa shape index (κ2) is 10.9. The average Bonchev–Trinajstić information content (AvgIpc) is 2.80. The van der Waals surface area contributed by atoms with Gasteiger partial charge in [-0.25, -0.2) is 4.79 Å². The van der Waals surface area contributed by atoms with Crippen LogP contribution in [0.4, 0.5) is 16.2 Å². The molecule has 0 aromatic heterocycles. The summed E-state index contributed by atoms with van der Waals surface area (Å²) in [6.45, 7) is 3.55. The lowest BCUT2D eigenvalue weighted by Gasteiger charge is -2.35. The number of hydrogen-bond acceptors (Lipinski definition) is 6. The lowest BCUT2D eigenvalue weighted by molar-refractivity contribution is 0.0168. The smallest absolute Gasteiger partial charge is 0.319 e. The first-order valence-corrected chi connectivity index (χ1v) is 10.4. The van der Waals surface area contributed by atoms with Crippen molar-refractivity contribution < 1.29 is 19.0 Å². The van der Waals surface area contributed by atoms with Crippen LogP contribution in [0.5, 0.6) is 11.5 Å². The molecule has 2 aromatic rings. The molecule has 168 valence electrons. The van der Waals surface area contributed by atoms with Crippen LogP contribution in [0.1, 0.15) is 11.6 Å². The molecular weight excluding hydrogens is 396 g/mol. The largest absolute Gasteiger partial charge is 0.493 e. The summed E-state index contributed by atoms with van der Waals surface area (Å²) in [4.78, 5) is 17.0. The van der Waals surface area contributed by atoms with Crippen molar-refractivity contribution in [3.05, 3.63) is 48.0 Å². The zero-order valence-electron chi connectivity index (χ0n) is 18.7. The van der Waals surface area contributed by atoms with Gasteiger partial charge in [0.05, 0.1) is 33.5 Å². The maximum absolute atomic E-state index is 12.6. The summed E-state index contributed by atoms with van der Waals surface area (Å²) < 4.78 is 16.1. The molecule has 2 N–H and O–H groups in total. The second-order valence-corrected chi connectivity index (χ2v) is 7.55. The van der Waals surface area contributed by atoms with Crippen molar-refractivity contribution in [1.82, 2.24) is 10.2 Å². The van der Waals surface area contributed by atoms with Gasteiger partial charge in [0.25, 0.3) is 0 Å². The minimum absolute atomic E-state index is 0.0660. The quantitative estimate of drug-likeness (QED) is 0.673. The number of hydrogen-bond donors (Lipinski definition) is 2. The van der Waals surface area contributed by atoms with Gasteiger partial charge in [-0.15, -0.1) is 0 Å². The second-order valence-electron chi connectivity index (χ2n) is 7.55. The van der Waals surface area contributed by atoms with Crippen molar-refractivity contribution >= 4 is 17.4 Å². The highest BCUT2D eigenvalue weighted by atomic mass is 16.5. The molecule has 0 bridgehead atoms. The van der Waals surface area contributed by atoms with E-state index in [1.54, 1.807) is 32.4 Å². The zero-order valence-corrected chi connectivity index (χ0v) is 18.7. The lowest BCUT2D eigenvalue weighted by Crippen LogP contribution is -2.44. The standard InChI is InChI=1S/C23H32N4O4/c1-26(2)19-8-5-17(6-9-19)20(27-11-13-31-14-12-27)16-24-23(28)25-18-7-10-21(29-3)22(15-18)30-4/h5-10,15,20H,11-14,16H2,1-4H3,(H2,24,25,28). The van der Waals surface area contributed by atoms with Crippen molar-refractivity contribution in [2.45, 2.75) is 6.04 Å². The first-order chi connectivity index (χ1) is 15.0. The maximum atomic E-state index is 12.6. The van der Waals surface area contributed by atoms with Crippen LogP contribution in [0.2, 0.25) is 0 Å². The Hall–Kier alpha value is -2.97. The molecule has 1 saturated heterocycles. The number of nitrogens with one attached hydrogen (secondary N) is 2. The molecule has 2 amide bonds. The predicted molar refractivity (Wildman–Crippen MR) is 122 cm³/mol. The first kappa shape index (κ1) is 22.7. The Labute approximate surface area is 184 Å².